The number of nitrogens with one attached hydrogen (secondary N) is 1. The molecule has 0 aromatic carbocycles. The van der Waals surface area contributed by atoms with Crippen molar-refractivity contribution >= 4 is 17.8 Å². The van der Waals surface area contributed by atoms with Crippen LogP contribution in [0.15, 0.2) is 16.8 Å². The number of carbonyl (C=O) groups excluding carboxylic acids is 1. The van der Waals surface area contributed by atoms with E-state index in [1.807, 2.05) is 6.92 Å². The minimum Gasteiger partial charge on any atom is -0.478 e. The van der Waals surface area contributed by atoms with Gasteiger partial charge in [-0.15, -0.1) is 0 Å². The molecule has 0 spiro atoms. The maximum Gasteiger partial charge on any atom is 0.370 e. The zero-order valence-corrected chi connectivity index (χ0v) is 15.4. The first-order valence-electron chi connectivity index (χ1n) is 8.59. The van der Waals surface area contributed by atoms with Crippen LogP contribution in [0.1, 0.15) is 26.7 Å². The molecule has 1 aliphatic rings. The maximum absolute atomic E-state index is 11.7. The Morgan fingerprint density at radius 1 is 1.44 bits per heavy atom. The van der Waals surface area contributed by atoms with Crippen molar-refractivity contribution in [1.29, 1.82) is 0 Å². The molecule has 1 rings (SSSR count). The number of hydrogen-bond donors (Lipinski definition) is 6. The van der Waals surface area contributed by atoms with Crippen molar-refractivity contribution in [3.05, 3.63) is 11.8 Å². The smallest absolute Gasteiger partial charge is 0.370 e. The Morgan fingerprint density at radius 3 is 2.59 bits per heavy atom. The topological polar surface area (TPSA) is 190 Å². The summed E-state index contributed by atoms with van der Waals surface area (Å²) in [7, 11) is 0. The van der Waals surface area contributed by atoms with Crippen molar-refractivity contribution in [1.82, 2.24) is 5.32 Å². The Balaban J connectivity index is 3.32. The first-order chi connectivity index (χ1) is 12.7. The van der Waals surface area contributed by atoms with E-state index in [0.29, 0.717) is 6.42 Å². The zero-order chi connectivity index (χ0) is 20.6. The highest BCUT2D eigenvalue weighted by Crippen LogP contribution is 2.26. The number of ether oxygens (including phenoxy) is 2. The summed E-state index contributed by atoms with van der Waals surface area (Å²) >= 11 is 0. The molecule has 154 valence electrons. The number of amides is 1. The van der Waals surface area contributed by atoms with E-state index in [2.05, 4.69) is 10.3 Å². The number of nitrogens with two attached hydrogens (primary N) is 2. The van der Waals surface area contributed by atoms with Gasteiger partial charge in [-0.2, -0.15) is 0 Å². The lowest BCUT2D eigenvalue weighted by atomic mass is 9.92. The molecule has 0 saturated heterocycles. The van der Waals surface area contributed by atoms with Crippen molar-refractivity contribution in [2.24, 2.45) is 16.5 Å². The molecule has 0 saturated carbocycles. The second kappa shape index (κ2) is 10.7. The van der Waals surface area contributed by atoms with Crippen LogP contribution >= 0.6 is 0 Å². The molecule has 0 aliphatic carbocycles. The van der Waals surface area contributed by atoms with Crippen LogP contribution in [0.4, 0.5) is 0 Å². The van der Waals surface area contributed by atoms with E-state index in [1.54, 1.807) is 0 Å². The Kier molecular flexibility index (Phi) is 8.98. The molecule has 1 amide bonds. The van der Waals surface area contributed by atoms with Crippen LogP contribution in [-0.2, 0) is 19.1 Å². The van der Waals surface area contributed by atoms with E-state index in [4.69, 9.17) is 20.9 Å². The minimum absolute atomic E-state index is 0.240. The molecule has 0 fully saturated rings. The fraction of sp³-hybridized carbons (Fsp3) is 0.688. The number of carboxylic acid groups (broad SMARTS) is 1. The monoisotopic (exact) mass is 388 g/mol. The van der Waals surface area contributed by atoms with E-state index in [0.717, 1.165) is 12.5 Å². The molecule has 1 heterocycles. The van der Waals surface area contributed by atoms with Gasteiger partial charge in [0.15, 0.2) is 12.1 Å². The van der Waals surface area contributed by atoms with Crippen LogP contribution in [0.3, 0.4) is 0 Å². The molecule has 0 aromatic heterocycles. The van der Waals surface area contributed by atoms with E-state index >= 15 is 0 Å². The van der Waals surface area contributed by atoms with Gasteiger partial charge in [0, 0.05) is 13.5 Å². The van der Waals surface area contributed by atoms with Crippen LogP contribution in [-0.4, -0.2) is 76.8 Å². The second-order valence-corrected chi connectivity index (χ2v) is 6.13. The molecule has 11 nitrogen and oxygen atoms in total. The van der Waals surface area contributed by atoms with Crippen LogP contribution < -0.4 is 16.8 Å². The summed E-state index contributed by atoms with van der Waals surface area (Å²) in [5, 5.41) is 31.5. The highest BCUT2D eigenvalue weighted by molar-refractivity contribution is 5.85. The van der Waals surface area contributed by atoms with Crippen LogP contribution in [0, 0.1) is 0 Å². The summed E-state index contributed by atoms with van der Waals surface area (Å²) < 4.78 is 11.1. The number of guanidine groups is 1. The lowest BCUT2D eigenvalue weighted by molar-refractivity contribution is -0.153. The van der Waals surface area contributed by atoms with Gasteiger partial charge in [-0.05, 0) is 12.5 Å². The Hall–Kier alpha value is -2.37. The van der Waals surface area contributed by atoms with E-state index in [1.165, 1.54) is 6.92 Å². The zero-order valence-electron chi connectivity index (χ0n) is 15.4. The molecule has 8 N–H and O–H groups in total. The summed E-state index contributed by atoms with van der Waals surface area (Å²) in [5.74, 6) is -2.58. The highest BCUT2D eigenvalue weighted by Gasteiger charge is 2.44. The predicted octanol–water partition coefficient (Wildman–Crippen LogP) is -1.96. The third-order valence-corrected chi connectivity index (χ3v) is 3.88. The number of aliphatic imine (C=N–C) groups is 1. The third kappa shape index (κ3) is 6.70. The molecular weight excluding hydrogens is 360 g/mol. The van der Waals surface area contributed by atoms with E-state index < -0.39 is 54.6 Å². The Morgan fingerprint density at radius 2 is 2.11 bits per heavy atom. The van der Waals surface area contributed by atoms with Crippen molar-refractivity contribution < 1.29 is 34.4 Å². The minimum atomic E-state index is -1.38. The first kappa shape index (κ1) is 22.7. The fourth-order valence-corrected chi connectivity index (χ4v) is 2.69. The van der Waals surface area contributed by atoms with Crippen molar-refractivity contribution in [3.8, 4) is 0 Å². The molecule has 0 bridgehead atoms. The summed E-state index contributed by atoms with van der Waals surface area (Å²) in [5.41, 5.74) is 10.8. The number of unbranched alkanes of at least 4 members (excludes halogenated alkanes) is 1. The molecule has 0 aromatic rings. The van der Waals surface area contributed by atoms with Crippen molar-refractivity contribution in [3.63, 3.8) is 0 Å². The average molecular weight is 388 g/mol. The average Bonchev–Trinajstić information content (AvgIpc) is 2.58. The van der Waals surface area contributed by atoms with Gasteiger partial charge in [0.2, 0.25) is 11.7 Å². The van der Waals surface area contributed by atoms with Gasteiger partial charge in [-0.1, -0.05) is 13.3 Å². The highest BCUT2D eigenvalue weighted by atomic mass is 16.6. The van der Waals surface area contributed by atoms with E-state index in [-0.39, 0.29) is 12.6 Å². The summed E-state index contributed by atoms with van der Waals surface area (Å²) in [4.78, 5) is 27.1. The van der Waals surface area contributed by atoms with Crippen LogP contribution in [0.5, 0.6) is 0 Å². The molecular formula is C16H28N4O7. The Labute approximate surface area is 157 Å². The normalized spacial score (nSPS) is 24.1. The number of hydrogen-bond acceptors (Lipinski definition) is 7. The van der Waals surface area contributed by atoms with Crippen LogP contribution in [0.2, 0.25) is 0 Å². The number of aliphatic hydroxyl groups is 2. The predicted molar refractivity (Wildman–Crippen MR) is 95.5 cm³/mol. The SMILES string of the molecule is CCCCO[C@@H]([C@@H]1OC(C(=O)O)=C[C@H](N=C(N)N)[C@H]1NC(C)=O)[C@H](O)CO. The van der Waals surface area contributed by atoms with Crippen LogP contribution in [0.25, 0.3) is 0 Å². The molecule has 11 heteroatoms. The number of nitrogens with zero attached hydrogens (tertiary/aromatic N) is 1. The summed E-state index contributed by atoms with van der Waals surface area (Å²) in [6.45, 7) is 2.79. The molecule has 0 radical (unpaired) electrons. The molecule has 0 unspecified atom stereocenters. The number of aliphatic carboxylic acids is 1. The number of carbonyl (C=O) groups is 2. The summed E-state index contributed by atoms with van der Waals surface area (Å²) in [6.07, 6.45) is -1.01. The van der Waals surface area contributed by atoms with Gasteiger partial charge >= 0.3 is 5.97 Å². The van der Waals surface area contributed by atoms with Crippen molar-refractivity contribution in [2.45, 2.75) is 57.1 Å². The van der Waals surface area contributed by atoms with Gasteiger partial charge in [-0.25, -0.2) is 9.79 Å². The lowest BCUT2D eigenvalue weighted by Crippen LogP contribution is -2.60. The van der Waals surface area contributed by atoms with Gasteiger partial charge in [0.05, 0.1) is 18.7 Å². The molecule has 1 aliphatic heterocycles. The standard InChI is InChI=1S/C16H28N4O7/c1-3-4-5-26-13(10(23)7-21)14-12(19-8(2)22)9(20-16(17)18)6-11(27-14)15(24)25/h6,9-10,12-14,21,23H,3-5,7H2,1-2H3,(H,19,22)(H,24,25)(H4,17,18,20)/t9-,10+,12+,13+,14+/m0/s1. The third-order valence-electron chi connectivity index (χ3n) is 3.88. The second-order valence-electron chi connectivity index (χ2n) is 6.13. The largest absolute Gasteiger partial charge is 0.478 e. The maximum atomic E-state index is 11.7. The molecule has 27 heavy (non-hydrogen) atoms. The first-order valence-corrected chi connectivity index (χ1v) is 8.59. The quantitative estimate of drug-likeness (QED) is 0.140. The van der Waals surface area contributed by atoms with Gasteiger partial charge in [0.25, 0.3) is 0 Å². The summed E-state index contributed by atoms with van der Waals surface area (Å²) in [6, 6.07) is -1.90. The Bertz CT molecular complexity index is 577. The van der Waals surface area contributed by atoms with Gasteiger partial charge < -0.3 is 41.6 Å². The van der Waals surface area contributed by atoms with Crippen molar-refractivity contribution in [2.75, 3.05) is 13.2 Å². The molecule has 5 atom stereocenters. The number of rotatable bonds is 10. The number of aliphatic hydroxyl groups excluding tert-OH is 2. The lowest BCUT2D eigenvalue weighted by Gasteiger charge is -2.40. The number of carboxylic acids is 1. The fourth-order valence-electron chi connectivity index (χ4n) is 2.69. The van der Waals surface area contributed by atoms with E-state index in [9.17, 15) is 24.9 Å². The van der Waals surface area contributed by atoms with Gasteiger partial charge in [0.1, 0.15) is 12.2 Å². The van der Waals surface area contributed by atoms with Gasteiger partial charge in [-0.3, -0.25) is 4.79 Å².